The Morgan fingerprint density at radius 2 is 0.970 bits per heavy atom. The van der Waals surface area contributed by atoms with Crippen LogP contribution < -0.4 is 53.4 Å². The van der Waals surface area contributed by atoms with Crippen LogP contribution in [0.15, 0.2) is 109 Å². The molecule has 2 aliphatic heterocycles. The molecule has 31 heteroatoms. The summed E-state index contributed by atoms with van der Waals surface area (Å²) in [6.07, 6.45) is 10.5. The summed E-state index contributed by atoms with van der Waals surface area (Å²) in [4.78, 5) is 152. The number of fused-ring (bicyclic) bond motifs is 5. The molecule has 0 unspecified atom stereocenters. The molecule has 8 aromatic heterocycles. The molecule has 10 N–H and O–H groups in total. The molecule has 2 aliphatic rings. The second-order valence-electron chi connectivity index (χ2n) is 24.7. The number of aromatic nitrogens is 8. The lowest BCUT2D eigenvalue weighted by Gasteiger charge is -2.31. The Hall–Kier alpha value is -12.1. The van der Waals surface area contributed by atoms with Crippen molar-refractivity contribution in [3.05, 3.63) is 171 Å². The van der Waals surface area contributed by atoms with Gasteiger partial charge in [0.05, 0.1) is 69.7 Å². The number of carbonyl (C=O) groups is 10. The van der Waals surface area contributed by atoms with Gasteiger partial charge in [-0.3, -0.25) is 47.9 Å². The van der Waals surface area contributed by atoms with Crippen LogP contribution in [-0.2, 0) is 80.2 Å². The third kappa shape index (κ3) is 14.5. The summed E-state index contributed by atoms with van der Waals surface area (Å²) in [6, 6.07) is 17.3. The van der Waals surface area contributed by atoms with E-state index in [9.17, 15) is 57.8 Å². The van der Waals surface area contributed by atoms with Gasteiger partial charge in [-0.1, -0.05) is 6.92 Å². The van der Waals surface area contributed by atoms with Crippen LogP contribution in [0.1, 0.15) is 123 Å². The maximum atomic E-state index is 13.6. The predicted molar refractivity (Wildman–Crippen MR) is 365 cm³/mol. The first-order valence-corrected chi connectivity index (χ1v) is 31.6. The van der Waals surface area contributed by atoms with E-state index < -0.39 is 65.0 Å². The van der Waals surface area contributed by atoms with Gasteiger partial charge in [0.1, 0.15) is 40.8 Å². The SMILES string of the molecule is CC[C@]1(O)C(=O)OCc2c1cc1n(c2=O)Cc2cc3cc(C(=O)NCC(=O)Nc4cc(C(=O)Nc5cc(C(=O)Nc6cc(C(=O)NCCCC(=O)Nc7cc(C(=O)Nc8cc(C(=O)Nc9cc(C(=O)NCCCN(C)C)n(C)c9)n(C)c8)n(C)c7)n(C)c6)n(C)c5)n(C)c4)ccc3nc2-1. The van der Waals surface area contributed by atoms with Crippen LogP contribution >= 0.6 is 0 Å². The van der Waals surface area contributed by atoms with Crippen LogP contribution in [0.25, 0.3) is 22.3 Å². The minimum atomic E-state index is -1.96. The number of nitrogens with zero attached hydrogens (tertiary/aromatic N) is 9. The first-order chi connectivity index (χ1) is 47.1. The van der Waals surface area contributed by atoms with Crippen LogP contribution in [0.2, 0.25) is 0 Å². The number of benzene rings is 1. The van der Waals surface area contributed by atoms with E-state index in [4.69, 9.17) is 9.72 Å². The lowest BCUT2D eigenvalue weighted by Crippen LogP contribution is -2.44. The number of anilines is 6. The lowest BCUT2D eigenvalue weighted by atomic mass is 9.86. The second-order valence-corrected chi connectivity index (χ2v) is 24.7. The number of hydrogen-bond donors (Lipinski definition) is 10. The van der Waals surface area contributed by atoms with E-state index in [0.29, 0.717) is 62.8 Å². The maximum absolute atomic E-state index is 13.6. The molecule has 31 nitrogen and oxygen atoms in total. The molecule has 514 valence electrons. The molecule has 0 spiro atoms. The number of cyclic esters (lactones) is 1. The van der Waals surface area contributed by atoms with Crippen molar-refractivity contribution >= 4 is 104 Å². The molecule has 1 aromatic carbocycles. The van der Waals surface area contributed by atoms with E-state index in [0.717, 1.165) is 13.0 Å². The first-order valence-electron chi connectivity index (χ1n) is 31.6. The molecule has 0 radical (unpaired) electrons. The van der Waals surface area contributed by atoms with E-state index in [2.05, 4.69) is 47.9 Å². The minimum absolute atomic E-state index is 0.0107. The normalized spacial score (nSPS) is 13.6. The van der Waals surface area contributed by atoms with E-state index in [1.165, 1.54) is 61.0 Å². The Morgan fingerprint density at radius 3 is 1.42 bits per heavy atom. The Kier molecular flexibility index (Phi) is 19.2. The number of hydrogen-bond acceptors (Lipinski definition) is 15. The zero-order chi connectivity index (χ0) is 70.9. The fraction of sp³-hybridized carbons (Fsp3) is 0.294. The Labute approximate surface area is 565 Å². The highest BCUT2D eigenvalue weighted by molar-refractivity contribution is 6.10. The van der Waals surface area contributed by atoms with Crippen molar-refractivity contribution in [1.29, 1.82) is 0 Å². The summed E-state index contributed by atoms with van der Waals surface area (Å²) in [5.41, 5.74) is 3.86. The van der Waals surface area contributed by atoms with E-state index in [-0.39, 0.29) is 107 Å². The van der Waals surface area contributed by atoms with Crippen LogP contribution in [0.5, 0.6) is 0 Å². The number of aliphatic hydroxyl groups is 1. The van der Waals surface area contributed by atoms with Gasteiger partial charge in [-0.2, -0.15) is 0 Å². The number of pyridine rings is 2. The number of rotatable bonds is 24. The summed E-state index contributed by atoms with van der Waals surface area (Å²) in [5.74, 6) is -5.07. The number of esters is 1. The van der Waals surface area contributed by atoms with Crippen molar-refractivity contribution in [1.82, 2.24) is 57.8 Å². The van der Waals surface area contributed by atoms with Gasteiger partial charge < -0.3 is 94.6 Å². The molecule has 1 atom stereocenters. The third-order valence-electron chi connectivity index (χ3n) is 17.1. The Morgan fingerprint density at radius 1 is 0.535 bits per heavy atom. The highest BCUT2D eigenvalue weighted by atomic mass is 16.6. The van der Waals surface area contributed by atoms with Gasteiger partial charge in [0.15, 0.2) is 5.60 Å². The molecular formula is C68H74N18O13. The Bertz CT molecular complexity index is 4880. The molecule has 99 heavy (non-hydrogen) atoms. The molecule has 9 aromatic rings. The number of amides is 9. The monoisotopic (exact) mass is 1350 g/mol. The molecular weight excluding hydrogens is 1280 g/mol. The molecule has 0 fully saturated rings. The van der Waals surface area contributed by atoms with Gasteiger partial charge in [0.25, 0.3) is 46.9 Å². The van der Waals surface area contributed by atoms with Crippen LogP contribution in [0.4, 0.5) is 34.1 Å². The summed E-state index contributed by atoms with van der Waals surface area (Å²) in [7, 11) is 13.8. The average Bonchev–Trinajstić information content (AvgIpc) is 1.66. The third-order valence-corrected chi connectivity index (χ3v) is 17.1. The predicted octanol–water partition coefficient (Wildman–Crippen LogP) is 4.32. The summed E-state index contributed by atoms with van der Waals surface area (Å²) in [5, 5.41) is 36.7. The van der Waals surface area contributed by atoms with Crippen LogP contribution in [-0.4, -0.2) is 146 Å². The van der Waals surface area contributed by atoms with Crippen LogP contribution in [0, 0.1) is 0 Å². The van der Waals surface area contributed by atoms with Crippen molar-refractivity contribution in [2.45, 2.75) is 51.4 Å². The summed E-state index contributed by atoms with van der Waals surface area (Å²) in [6.45, 7) is 2.60. The van der Waals surface area contributed by atoms with Gasteiger partial charge in [0.2, 0.25) is 11.8 Å². The fourth-order valence-electron chi connectivity index (χ4n) is 12.0. The topological polar surface area (TPSA) is 376 Å². The number of aryl methyl sites for hydroxylation is 6. The van der Waals surface area contributed by atoms with Crippen molar-refractivity contribution in [2.24, 2.45) is 42.3 Å². The highest BCUT2D eigenvalue weighted by Gasteiger charge is 2.45. The smallest absolute Gasteiger partial charge is 0.343 e. The summed E-state index contributed by atoms with van der Waals surface area (Å²) >= 11 is 0. The number of ether oxygens (including phenoxy) is 1. The average molecular weight is 1350 g/mol. The van der Waals surface area contributed by atoms with Crippen LogP contribution in [0.3, 0.4) is 0 Å². The van der Waals surface area contributed by atoms with Crippen molar-refractivity contribution in [2.75, 3.05) is 72.2 Å². The van der Waals surface area contributed by atoms with Gasteiger partial charge in [-0.05, 0) is 107 Å². The van der Waals surface area contributed by atoms with Gasteiger partial charge >= 0.3 is 5.97 Å². The number of nitrogens with one attached hydrogen (secondary N) is 9. The molecule has 0 saturated carbocycles. The first kappa shape index (κ1) is 68.3. The lowest BCUT2D eigenvalue weighted by molar-refractivity contribution is -0.172. The van der Waals surface area contributed by atoms with E-state index >= 15 is 0 Å². The van der Waals surface area contributed by atoms with Crippen molar-refractivity contribution < 1.29 is 57.8 Å². The van der Waals surface area contributed by atoms with Gasteiger partial charge in [0, 0.05) is 121 Å². The number of carbonyl (C=O) groups excluding carboxylic acids is 10. The molecule has 11 rings (SSSR count). The fourth-order valence-corrected chi connectivity index (χ4v) is 12.0. The second kappa shape index (κ2) is 27.9. The van der Waals surface area contributed by atoms with E-state index in [1.807, 2.05) is 25.1 Å². The van der Waals surface area contributed by atoms with Crippen molar-refractivity contribution in [3.8, 4) is 11.4 Å². The molecule has 0 aliphatic carbocycles. The van der Waals surface area contributed by atoms with Gasteiger partial charge in [-0.15, -0.1) is 0 Å². The molecule has 10 heterocycles. The standard InChI is InChI=1S/C68H74N18O13/c1-10-68(98)47-27-49-58-39(29-86(49)66(96)46(47)36-99-67(68)97)20-38-19-37(14-15-48(38)78-58)59(89)71-28-57(88)73-41-22-53(83(7)31-41)63(93)77-45-26-55(85(9)35-45)64(94)74-42-23-50(80(4)32-42)60(90)69-16-11-13-56(87)72-40-21-52(82(6)30-40)62(92)76-44-25-54(84(8)34-44)65(95)75-43-24-51(81(5)33-43)61(91)70-17-12-18-79(2)3/h14-15,19-27,30-35,98H,10-13,16-18,28-29,36H2,1-9H3,(H,69,90)(H,70,91)(H,71,89)(H,72,87)(H,73,88)(H,74,94)(H,75,95)(H,76,92)(H,77,93)/t68-/m1/s1. The molecule has 0 bridgehead atoms. The van der Waals surface area contributed by atoms with E-state index in [1.54, 1.807) is 118 Å². The summed E-state index contributed by atoms with van der Waals surface area (Å²) < 4.78 is 15.9. The molecule has 0 saturated heterocycles. The minimum Gasteiger partial charge on any atom is -0.458 e. The zero-order valence-corrected chi connectivity index (χ0v) is 55.8. The largest absolute Gasteiger partial charge is 0.458 e. The van der Waals surface area contributed by atoms with Gasteiger partial charge in [-0.25, -0.2) is 9.78 Å². The van der Waals surface area contributed by atoms with Crippen molar-refractivity contribution in [3.63, 3.8) is 0 Å². The molecule has 9 amide bonds. The zero-order valence-electron chi connectivity index (χ0n) is 55.8. The quantitative estimate of drug-likeness (QED) is 0.0298. The highest BCUT2D eigenvalue weighted by Crippen LogP contribution is 2.39. The maximum Gasteiger partial charge on any atom is 0.343 e. The Balaban J connectivity index is 0.601.